The van der Waals surface area contributed by atoms with Gasteiger partial charge in [0, 0.05) is 37.0 Å². The van der Waals surface area contributed by atoms with Crippen LogP contribution in [0.5, 0.6) is 5.75 Å². The number of carboxylic acids is 1. The molecule has 1 saturated heterocycles. The van der Waals surface area contributed by atoms with Gasteiger partial charge in [0.1, 0.15) is 5.75 Å². The number of hydrogen-bond donors (Lipinski definition) is 1. The van der Waals surface area contributed by atoms with Gasteiger partial charge >= 0.3 is 5.97 Å². The molecule has 0 amide bonds. The van der Waals surface area contributed by atoms with Crippen LogP contribution in [0.15, 0.2) is 35.7 Å². The van der Waals surface area contributed by atoms with Crippen LogP contribution in [-0.2, 0) is 17.9 Å². The Balaban J connectivity index is 1.72. The molecule has 1 aromatic heterocycles. The third kappa shape index (κ3) is 4.44. The molecule has 0 spiro atoms. The molecule has 1 aliphatic heterocycles. The summed E-state index contributed by atoms with van der Waals surface area (Å²) in [5, 5.41) is 11.9. The van der Waals surface area contributed by atoms with Crippen LogP contribution in [-0.4, -0.2) is 55.2 Å². The first-order chi connectivity index (χ1) is 12.5. The quantitative estimate of drug-likeness (QED) is 0.807. The number of likely N-dealkylation sites (tertiary alicyclic amines) is 1. The monoisotopic (exact) mass is 374 g/mol. The van der Waals surface area contributed by atoms with Crippen molar-refractivity contribution in [2.75, 3.05) is 34.3 Å². The summed E-state index contributed by atoms with van der Waals surface area (Å²) in [4.78, 5) is 17.5. The van der Waals surface area contributed by atoms with Gasteiger partial charge in [-0.05, 0) is 48.8 Å². The average Bonchev–Trinajstić information content (AvgIpc) is 3.22. The van der Waals surface area contributed by atoms with Gasteiger partial charge in [-0.3, -0.25) is 9.69 Å². The average molecular weight is 375 g/mol. The van der Waals surface area contributed by atoms with Crippen molar-refractivity contribution in [3.05, 3.63) is 51.7 Å². The highest BCUT2D eigenvalue weighted by atomic mass is 32.1. The van der Waals surface area contributed by atoms with E-state index in [0.29, 0.717) is 6.54 Å². The number of nitrogens with zero attached hydrogens (tertiary/aromatic N) is 2. The van der Waals surface area contributed by atoms with Gasteiger partial charge in [0.15, 0.2) is 0 Å². The SMILES string of the molecule is COc1cccc([C@@H]2CN(Cc3cc(CN(C)C)cs3)C[C@H]2C(=O)O)c1. The van der Waals surface area contributed by atoms with E-state index in [-0.39, 0.29) is 11.8 Å². The minimum atomic E-state index is -0.722. The van der Waals surface area contributed by atoms with Crippen molar-refractivity contribution in [2.24, 2.45) is 5.92 Å². The highest BCUT2D eigenvalue weighted by Gasteiger charge is 2.38. The number of benzene rings is 1. The van der Waals surface area contributed by atoms with Crippen LogP contribution >= 0.6 is 11.3 Å². The second kappa shape index (κ2) is 8.20. The van der Waals surface area contributed by atoms with Crippen LogP contribution in [0.3, 0.4) is 0 Å². The summed E-state index contributed by atoms with van der Waals surface area (Å²) >= 11 is 1.76. The Morgan fingerprint density at radius 1 is 1.35 bits per heavy atom. The lowest BCUT2D eigenvalue weighted by molar-refractivity contribution is -0.141. The number of carbonyl (C=O) groups is 1. The van der Waals surface area contributed by atoms with E-state index in [9.17, 15) is 9.90 Å². The van der Waals surface area contributed by atoms with Crippen LogP contribution in [0.4, 0.5) is 0 Å². The van der Waals surface area contributed by atoms with Gasteiger partial charge in [-0.15, -0.1) is 11.3 Å². The molecular formula is C20H26N2O3S. The zero-order valence-corrected chi connectivity index (χ0v) is 16.3. The smallest absolute Gasteiger partial charge is 0.308 e. The third-order valence-corrected chi connectivity index (χ3v) is 5.79. The van der Waals surface area contributed by atoms with Crippen molar-refractivity contribution in [2.45, 2.75) is 19.0 Å². The molecule has 2 aromatic rings. The minimum absolute atomic E-state index is 0.0104. The Morgan fingerprint density at radius 2 is 2.15 bits per heavy atom. The Hall–Kier alpha value is -1.89. The van der Waals surface area contributed by atoms with E-state index < -0.39 is 5.97 Å². The fourth-order valence-electron chi connectivity index (χ4n) is 3.65. The molecule has 1 aliphatic rings. The highest BCUT2D eigenvalue weighted by Crippen LogP contribution is 2.35. The highest BCUT2D eigenvalue weighted by molar-refractivity contribution is 7.10. The topological polar surface area (TPSA) is 53.0 Å². The molecule has 0 unspecified atom stereocenters. The molecule has 1 aromatic carbocycles. The van der Waals surface area contributed by atoms with Crippen molar-refractivity contribution >= 4 is 17.3 Å². The Labute approximate surface area is 158 Å². The van der Waals surface area contributed by atoms with Crippen molar-refractivity contribution in [1.29, 1.82) is 0 Å². The molecule has 6 heteroatoms. The number of methoxy groups -OCH3 is 1. The summed E-state index contributed by atoms with van der Waals surface area (Å²) in [6.07, 6.45) is 0. The van der Waals surface area contributed by atoms with Gasteiger partial charge in [0.25, 0.3) is 0 Å². The van der Waals surface area contributed by atoms with Gasteiger partial charge in [0.05, 0.1) is 13.0 Å². The molecule has 3 rings (SSSR count). The van der Waals surface area contributed by atoms with E-state index in [0.717, 1.165) is 30.9 Å². The normalized spacial score (nSPS) is 20.6. The predicted molar refractivity (Wildman–Crippen MR) is 104 cm³/mol. The molecule has 0 aliphatic carbocycles. The van der Waals surface area contributed by atoms with Crippen molar-refractivity contribution < 1.29 is 14.6 Å². The van der Waals surface area contributed by atoms with Gasteiger partial charge in [-0.1, -0.05) is 12.1 Å². The van der Waals surface area contributed by atoms with Gasteiger partial charge in [0.2, 0.25) is 0 Å². The lowest BCUT2D eigenvalue weighted by Gasteiger charge is -2.16. The number of aliphatic carboxylic acids is 1. The number of rotatable bonds is 7. The largest absolute Gasteiger partial charge is 0.497 e. The van der Waals surface area contributed by atoms with E-state index in [1.165, 1.54) is 10.4 Å². The first-order valence-corrected chi connectivity index (χ1v) is 9.64. The number of thiophene rings is 1. The molecule has 2 atom stereocenters. The lowest BCUT2D eigenvalue weighted by Crippen LogP contribution is -2.23. The zero-order valence-electron chi connectivity index (χ0n) is 15.5. The van der Waals surface area contributed by atoms with Crippen LogP contribution in [0.2, 0.25) is 0 Å². The molecule has 0 radical (unpaired) electrons. The molecule has 2 heterocycles. The van der Waals surface area contributed by atoms with Crippen molar-refractivity contribution in [1.82, 2.24) is 9.80 Å². The maximum atomic E-state index is 11.8. The lowest BCUT2D eigenvalue weighted by atomic mass is 9.89. The zero-order chi connectivity index (χ0) is 18.7. The molecule has 1 fully saturated rings. The minimum Gasteiger partial charge on any atom is -0.497 e. The molecule has 5 nitrogen and oxygen atoms in total. The maximum absolute atomic E-state index is 11.8. The first-order valence-electron chi connectivity index (χ1n) is 8.76. The fraction of sp³-hybridized carbons (Fsp3) is 0.450. The Bertz CT molecular complexity index is 759. The molecule has 1 N–H and O–H groups in total. The first kappa shape index (κ1) is 18.9. The van der Waals surface area contributed by atoms with Crippen LogP contribution in [0.1, 0.15) is 21.9 Å². The van der Waals surface area contributed by atoms with E-state index in [2.05, 4.69) is 35.3 Å². The Kier molecular flexibility index (Phi) is 5.96. The number of hydrogen-bond acceptors (Lipinski definition) is 5. The van der Waals surface area contributed by atoms with E-state index >= 15 is 0 Å². The van der Waals surface area contributed by atoms with Crippen LogP contribution in [0.25, 0.3) is 0 Å². The second-order valence-corrected chi connectivity index (χ2v) is 8.18. The van der Waals surface area contributed by atoms with E-state index in [1.807, 2.05) is 24.3 Å². The summed E-state index contributed by atoms with van der Waals surface area (Å²) in [7, 11) is 5.76. The third-order valence-electron chi connectivity index (χ3n) is 4.82. The van der Waals surface area contributed by atoms with E-state index in [4.69, 9.17) is 4.74 Å². The van der Waals surface area contributed by atoms with Gasteiger partial charge in [-0.25, -0.2) is 0 Å². The van der Waals surface area contributed by atoms with Crippen LogP contribution in [0, 0.1) is 5.92 Å². The summed E-state index contributed by atoms with van der Waals surface area (Å²) in [6.45, 7) is 3.08. The fourth-order valence-corrected chi connectivity index (χ4v) is 4.57. The van der Waals surface area contributed by atoms with Gasteiger partial charge in [-0.2, -0.15) is 0 Å². The number of ether oxygens (including phenoxy) is 1. The predicted octanol–water partition coefficient (Wildman–Crippen LogP) is 3.12. The molecular weight excluding hydrogens is 348 g/mol. The van der Waals surface area contributed by atoms with E-state index in [1.54, 1.807) is 18.4 Å². The summed E-state index contributed by atoms with van der Waals surface area (Å²) in [6, 6.07) is 10.0. The number of carboxylic acid groups (broad SMARTS) is 1. The molecule has 26 heavy (non-hydrogen) atoms. The maximum Gasteiger partial charge on any atom is 0.308 e. The Morgan fingerprint density at radius 3 is 2.85 bits per heavy atom. The molecule has 140 valence electrons. The summed E-state index contributed by atoms with van der Waals surface area (Å²) in [5.41, 5.74) is 2.35. The molecule has 0 saturated carbocycles. The summed E-state index contributed by atoms with van der Waals surface area (Å²) in [5.74, 6) is -0.344. The van der Waals surface area contributed by atoms with Crippen molar-refractivity contribution in [3.63, 3.8) is 0 Å². The van der Waals surface area contributed by atoms with Crippen molar-refractivity contribution in [3.8, 4) is 5.75 Å². The molecule has 0 bridgehead atoms. The second-order valence-electron chi connectivity index (χ2n) is 7.18. The van der Waals surface area contributed by atoms with Gasteiger partial charge < -0.3 is 14.7 Å². The standard InChI is InChI=1S/C20H26N2O3S/c1-21(2)9-14-7-17(26-13-14)10-22-11-18(19(12-22)20(23)24)15-5-4-6-16(8-15)25-3/h4-8,13,18-19H,9-12H2,1-3H3,(H,23,24)/t18-,19+/m0/s1. The summed E-state index contributed by atoms with van der Waals surface area (Å²) < 4.78 is 5.30. The van der Waals surface area contributed by atoms with Crippen LogP contribution < -0.4 is 4.74 Å².